The van der Waals surface area contributed by atoms with Gasteiger partial charge in [-0.05, 0) is 54.7 Å². The van der Waals surface area contributed by atoms with Gasteiger partial charge in [-0.3, -0.25) is 4.99 Å². The number of benzene rings is 2. The Kier molecular flexibility index (Phi) is 9.67. The first-order chi connectivity index (χ1) is 14.4. The van der Waals surface area contributed by atoms with Crippen molar-refractivity contribution < 1.29 is 13.2 Å². The number of aliphatic imine (C=N–C) groups is 1. The summed E-state index contributed by atoms with van der Waals surface area (Å²) in [5.74, 6) is 1.67. The van der Waals surface area contributed by atoms with Gasteiger partial charge < -0.3 is 15.4 Å². The van der Waals surface area contributed by atoms with Gasteiger partial charge in [-0.15, -0.1) is 0 Å². The molecule has 164 valence electrons. The molecule has 0 amide bonds. The first-order valence-corrected chi connectivity index (χ1v) is 12.3. The van der Waals surface area contributed by atoms with E-state index in [0.717, 1.165) is 56.1 Å². The predicted molar refractivity (Wildman–Crippen MR) is 123 cm³/mol. The van der Waals surface area contributed by atoms with Crippen LogP contribution in [0.25, 0.3) is 0 Å². The Morgan fingerprint density at radius 3 is 1.93 bits per heavy atom. The second-order valence-electron chi connectivity index (χ2n) is 7.19. The van der Waals surface area contributed by atoms with Gasteiger partial charge in [-0.2, -0.15) is 0 Å². The third-order valence-corrected chi connectivity index (χ3v) is 5.81. The summed E-state index contributed by atoms with van der Waals surface area (Å²) >= 11 is 0. The Bertz CT molecular complexity index is 892. The van der Waals surface area contributed by atoms with Crippen molar-refractivity contribution in [3.63, 3.8) is 0 Å². The molecule has 0 radical (unpaired) electrons. The largest absolute Gasteiger partial charge is 0.494 e. The van der Waals surface area contributed by atoms with E-state index in [4.69, 9.17) is 4.74 Å². The molecular weight excluding hydrogens is 398 g/mol. The lowest BCUT2D eigenvalue weighted by molar-refractivity contribution is 0.309. The predicted octanol–water partition coefficient (Wildman–Crippen LogP) is 3.22. The van der Waals surface area contributed by atoms with E-state index < -0.39 is 9.84 Å². The molecule has 0 atom stereocenters. The monoisotopic (exact) mass is 431 g/mol. The summed E-state index contributed by atoms with van der Waals surface area (Å²) in [5, 5.41) is 6.61. The molecule has 0 aromatic heterocycles. The fourth-order valence-electron chi connectivity index (χ4n) is 2.86. The molecule has 0 saturated heterocycles. The maximum absolute atomic E-state index is 11.5. The molecule has 0 unspecified atom stereocenters. The van der Waals surface area contributed by atoms with Crippen LogP contribution in [0.15, 0.2) is 58.4 Å². The third-order valence-electron chi connectivity index (χ3n) is 4.68. The topological polar surface area (TPSA) is 79.8 Å². The summed E-state index contributed by atoms with van der Waals surface area (Å²) < 4.78 is 28.7. The summed E-state index contributed by atoms with van der Waals surface area (Å²) in [7, 11) is -1.40. The number of hydrogen-bond acceptors (Lipinski definition) is 4. The van der Waals surface area contributed by atoms with Gasteiger partial charge in [0.25, 0.3) is 0 Å². The molecule has 0 spiro atoms. The zero-order valence-electron chi connectivity index (χ0n) is 18.1. The van der Waals surface area contributed by atoms with Crippen LogP contribution >= 0.6 is 0 Å². The van der Waals surface area contributed by atoms with E-state index in [0.29, 0.717) is 11.4 Å². The van der Waals surface area contributed by atoms with Crippen LogP contribution in [0.4, 0.5) is 0 Å². The van der Waals surface area contributed by atoms with Gasteiger partial charge in [0, 0.05) is 26.4 Å². The van der Waals surface area contributed by atoms with Crippen molar-refractivity contribution in [3.05, 3.63) is 59.7 Å². The second kappa shape index (κ2) is 12.2. The molecule has 0 aliphatic carbocycles. The van der Waals surface area contributed by atoms with Crippen LogP contribution in [0, 0.1) is 0 Å². The van der Waals surface area contributed by atoms with Gasteiger partial charge in [0.15, 0.2) is 15.8 Å². The smallest absolute Gasteiger partial charge is 0.190 e. The average Bonchev–Trinajstić information content (AvgIpc) is 2.73. The van der Waals surface area contributed by atoms with Gasteiger partial charge in [0.05, 0.1) is 11.5 Å². The Morgan fingerprint density at radius 1 is 0.933 bits per heavy atom. The molecule has 2 rings (SSSR count). The number of hydrogen-bond donors (Lipinski definition) is 2. The number of unbranched alkanes of at least 4 members (excludes halogenated alkanes) is 1. The Morgan fingerprint density at radius 2 is 1.47 bits per heavy atom. The number of guanidine groups is 1. The van der Waals surface area contributed by atoms with Gasteiger partial charge in [0.2, 0.25) is 0 Å². The zero-order valence-corrected chi connectivity index (χ0v) is 19.0. The number of sulfone groups is 1. The lowest BCUT2D eigenvalue weighted by atomic mass is 10.1. The molecule has 0 aliphatic rings. The molecule has 0 saturated carbocycles. The fourth-order valence-corrected chi connectivity index (χ4v) is 3.49. The molecule has 2 N–H and O–H groups in total. The van der Waals surface area contributed by atoms with Crippen LogP contribution in [0.2, 0.25) is 0 Å². The summed E-state index contributed by atoms with van der Waals surface area (Å²) in [6.07, 6.45) is 5.10. The number of rotatable bonds is 11. The van der Waals surface area contributed by atoms with Gasteiger partial charge in [-0.1, -0.05) is 37.6 Å². The number of ether oxygens (including phenoxy) is 1. The Labute approximate surface area is 180 Å². The molecule has 6 nitrogen and oxygen atoms in total. The summed E-state index contributed by atoms with van der Waals surface area (Å²) in [6.45, 7) is 4.40. The summed E-state index contributed by atoms with van der Waals surface area (Å²) in [6, 6.07) is 15.2. The van der Waals surface area contributed by atoms with Crippen LogP contribution in [0.1, 0.15) is 30.9 Å². The van der Waals surface area contributed by atoms with E-state index in [9.17, 15) is 8.42 Å². The molecular formula is C23H33N3O3S. The summed E-state index contributed by atoms with van der Waals surface area (Å²) in [4.78, 5) is 4.59. The van der Waals surface area contributed by atoms with Crippen molar-refractivity contribution in [3.8, 4) is 5.75 Å². The van der Waals surface area contributed by atoms with Crippen LogP contribution < -0.4 is 15.4 Å². The van der Waals surface area contributed by atoms with Crippen LogP contribution in [-0.2, 0) is 22.7 Å². The van der Waals surface area contributed by atoms with Gasteiger partial charge in [-0.25, -0.2) is 8.42 Å². The lowest BCUT2D eigenvalue weighted by Crippen LogP contribution is -2.39. The molecule has 2 aromatic rings. The first kappa shape index (κ1) is 23.7. The van der Waals surface area contributed by atoms with E-state index in [2.05, 4.69) is 34.7 Å². The van der Waals surface area contributed by atoms with E-state index >= 15 is 0 Å². The highest BCUT2D eigenvalue weighted by atomic mass is 32.2. The second-order valence-corrected chi connectivity index (χ2v) is 9.20. The maximum Gasteiger partial charge on any atom is 0.190 e. The zero-order chi connectivity index (χ0) is 21.8. The highest BCUT2D eigenvalue weighted by molar-refractivity contribution is 7.90. The molecule has 2 aromatic carbocycles. The number of nitrogens with zero attached hydrogens (tertiary/aromatic N) is 1. The minimum Gasteiger partial charge on any atom is -0.494 e. The molecule has 30 heavy (non-hydrogen) atoms. The third kappa shape index (κ3) is 8.45. The Hall–Kier alpha value is -2.54. The molecule has 0 aliphatic heterocycles. The molecule has 7 heteroatoms. The quantitative estimate of drug-likeness (QED) is 0.324. The normalized spacial score (nSPS) is 11.9. The highest BCUT2D eigenvalue weighted by Crippen LogP contribution is 2.13. The van der Waals surface area contributed by atoms with E-state index in [1.54, 1.807) is 19.2 Å². The minimum absolute atomic E-state index is 0.345. The van der Waals surface area contributed by atoms with Crippen LogP contribution in [0.3, 0.4) is 0 Å². The lowest BCUT2D eigenvalue weighted by Gasteiger charge is -2.12. The van der Waals surface area contributed by atoms with Crippen molar-refractivity contribution in [2.75, 3.05) is 33.0 Å². The van der Waals surface area contributed by atoms with E-state index in [1.165, 1.54) is 11.8 Å². The standard InChI is InChI=1S/C23H33N3O3S/c1-4-5-18-29-21-10-6-19(7-11-21)14-16-25-23(24-2)26-17-15-20-8-12-22(13-9-20)30(3,27)28/h6-13H,4-5,14-18H2,1-3H3,(H2,24,25,26). The van der Waals surface area contributed by atoms with Crippen molar-refractivity contribution in [2.24, 2.45) is 4.99 Å². The summed E-state index contributed by atoms with van der Waals surface area (Å²) in [5.41, 5.74) is 2.32. The van der Waals surface area contributed by atoms with E-state index in [1.807, 2.05) is 24.3 Å². The molecule has 0 bridgehead atoms. The van der Waals surface area contributed by atoms with Crippen molar-refractivity contribution in [1.82, 2.24) is 10.6 Å². The van der Waals surface area contributed by atoms with Crippen molar-refractivity contribution in [1.29, 1.82) is 0 Å². The maximum atomic E-state index is 11.5. The van der Waals surface area contributed by atoms with Gasteiger partial charge in [0.1, 0.15) is 5.75 Å². The fraction of sp³-hybridized carbons (Fsp3) is 0.435. The Balaban J connectivity index is 1.69. The average molecular weight is 432 g/mol. The SMILES string of the molecule is CCCCOc1ccc(CCNC(=NC)NCCc2ccc(S(C)(=O)=O)cc2)cc1. The van der Waals surface area contributed by atoms with Gasteiger partial charge >= 0.3 is 0 Å². The van der Waals surface area contributed by atoms with Crippen molar-refractivity contribution >= 4 is 15.8 Å². The molecule has 0 fully saturated rings. The number of nitrogens with one attached hydrogen (secondary N) is 2. The molecule has 0 heterocycles. The first-order valence-electron chi connectivity index (χ1n) is 10.4. The minimum atomic E-state index is -3.15. The van der Waals surface area contributed by atoms with E-state index in [-0.39, 0.29) is 0 Å². The van der Waals surface area contributed by atoms with Crippen molar-refractivity contribution in [2.45, 2.75) is 37.5 Å². The van der Waals surface area contributed by atoms with Crippen LogP contribution in [-0.4, -0.2) is 47.4 Å². The highest BCUT2D eigenvalue weighted by Gasteiger charge is 2.06. The van der Waals surface area contributed by atoms with Crippen LogP contribution in [0.5, 0.6) is 5.75 Å².